The number of hydrogen-bond acceptors (Lipinski definition) is 8. The number of aryl methyl sites for hydroxylation is 1. The number of carbonyl (C=O) groups excluding carboxylic acids is 1. The average molecular weight is 463 g/mol. The Morgan fingerprint density at radius 2 is 2.19 bits per heavy atom. The molecule has 1 aromatic carbocycles. The summed E-state index contributed by atoms with van der Waals surface area (Å²) in [6.07, 6.45) is 5.33. The van der Waals surface area contributed by atoms with Gasteiger partial charge in [0.15, 0.2) is 5.69 Å². The second-order valence-electron chi connectivity index (χ2n) is 7.22. The number of thiazole rings is 1. The molecule has 32 heavy (non-hydrogen) atoms. The molecule has 0 bridgehead atoms. The lowest BCUT2D eigenvalue weighted by molar-refractivity contribution is 0.0122. The van der Waals surface area contributed by atoms with Gasteiger partial charge in [0.05, 0.1) is 24.6 Å². The fourth-order valence-corrected chi connectivity index (χ4v) is 3.95. The summed E-state index contributed by atoms with van der Waals surface area (Å²) in [6.45, 7) is 1.48. The number of benzene rings is 1. The van der Waals surface area contributed by atoms with Crippen LogP contribution in [0, 0.1) is 5.82 Å². The molecule has 1 amide bonds. The number of nitrogens with two attached hydrogens (primary N) is 2. The van der Waals surface area contributed by atoms with E-state index in [1.807, 2.05) is 0 Å². The van der Waals surface area contributed by atoms with Crippen LogP contribution >= 0.6 is 11.3 Å². The molecule has 0 spiro atoms. The molecule has 3 aromatic rings. The molecule has 1 aliphatic heterocycles. The summed E-state index contributed by atoms with van der Waals surface area (Å²) < 4.78 is 25.7. The van der Waals surface area contributed by atoms with Gasteiger partial charge in [-0.2, -0.15) is 5.10 Å². The van der Waals surface area contributed by atoms with Crippen LogP contribution in [-0.4, -0.2) is 53.1 Å². The van der Waals surface area contributed by atoms with Gasteiger partial charge in [0.1, 0.15) is 15.8 Å². The molecular formula is C21H27FN6O3S. The predicted molar refractivity (Wildman–Crippen MR) is 122 cm³/mol. The lowest BCUT2D eigenvalue weighted by Crippen LogP contribution is -2.37. The molecule has 5 N–H and O–H groups in total. The van der Waals surface area contributed by atoms with Crippen LogP contribution in [0.5, 0.6) is 0 Å². The van der Waals surface area contributed by atoms with Crippen LogP contribution in [0.1, 0.15) is 23.3 Å². The van der Waals surface area contributed by atoms with E-state index in [1.165, 1.54) is 12.3 Å². The maximum Gasteiger partial charge on any atom is 0.277 e. The molecule has 11 heteroatoms. The largest absolute Gasteiger partial charge is 0.389 e. The Morgan fingerprint density at radius 1 is 1.41 bits per heavy atom. The molecule has 2 atom stereocenters. The van der Waals surface area contributed by atoms with Crippen LogP contribution in [0.15, 0.2) is 36.7 Å². The lowest BCUT2D eigenvalue weighted by Gasteiger charge is -2.17. The number of nitrogens with one attached hydrogen (secondary N) is 1. The summed E-state index contributed by atoms with van der Waals surface area (Å²) in [7, 11) is 3.42. The number of hydrogen-bond donors (Lipinski definition) is 3. The number of nitrogens with zero attached hydrogens (tertiary/aromatic N) is 3. The number of anilines is 2. The van der Waals surface area contributed by atoms with Crippen molar-refractivity contribution in [3.63, 3.8) is 0 Å². The van der Waals surface area contributed by atoms with Crippen LogP contribution in [0.25, 0.3) is 10.6 Å². The van der Waals surface area contributed by atoms with Crippen LogP contribution in [-0.2, 0) is 16.5 Å². The second kappa shape index (κ2) is 11.1. The number of halogens is 1. The van der Waals surface area contributed by atoms with Crippen molar-refractivity contribution in [2.75, 3.05) is 31.4 Å². The van der Waals surface area contributed by atoms with Crippen molar-refractivity contribution in [2.24, 2.45) is 12.8 Å². The van der Waals surface area contributed by atoms with Crippen molar-refractivity contribution < 1.29 is 18.7 Å². The third kappa shape index (κ3) is 6.10. The maximum absolute atomic E-state index is 13.8. The zero-order chi connectivity index (χ0) is 23.1. The molecule has 0 saturated carbocycles. The van der Waals surface area contributed by atoms with E-state index in [1.54, 1.807) is 43.2 Å². The van der Waals surface area contributed by atoms with Gasteiger partial charge in [-0.3, -0.25) is 9.48 Å². The Balaban J connectivity index is 0.000000243. The molecule has 9 nitrogen and oxygen atoms in total. The number of carbonyl (C=O) groups is 1. The zero-order valence-electron chi connectivity index (χ0n) is 18.0. The quantitative estimate of drug-likeness (QED) is 0.543. The van der Waals surface area contributed by atoms with Gasteiger partial charge >= 0.3 is 0 Å². The van der Waals surface area contributed by atoms with E-state index in [0.717, 1.165) is 30.8 Å². The first kappa shape index (κ1) is 23.8. The van der Waals surface area contributed by atoms with Crippen LogP contribution in [0.3, 0.4) is 0 Å². The van der Waals surface area contributed by atoms with Crippen molar-refractivity contribution in [1.29, 1.82) is 0 Å². The van der Waals surface area contributed by atoms with Crippen LogP contribution < -0.4 is 16.8 Å². The zero-order valence-corrected chi connectivity index (χ0v) is 18.8. The molecule has 1 fully saturated rings. The molecule has 3 heterocycles. The van der Waals surface area contributed by atoms with Crippen molar-refractivity contribution in [3.05, 3.63) is 48.2 Å². The van der Waals surface area contributed by atoms with Gasteiger partial charge in [0.2, 0.25) is 0 Å². The summed E-state index contributed by atoms with van der Waals surface area (Å²) in [4.78, 5) is 16.4. The van der Waals surface area contributed by atoms with Gasteiger partial charge in [0.25, 0.3) is 5.91 Å². The summed E-state index contributed by atoms with van der Waals surface area (Å²) in [6, 6.07) is 6.38. The molecular weight excluding hydrogens is 435 g/mol. The summed E-state index contributed by atoms with van der Waals surface area (Å²) >= 11 is 1.07. The highest BCUT2D eigenvalue weighted by molar-refractivity contribution is 7.19. The first-order valence-electron chi connectivity index (χ1n) is 10.1. The van der Waals surface area contributed by atoms with Crippen molar-refractivity contribution in [1.82, 2.24) is 14.8 Å². The van der Waals surface area contributed by atoms with E-state index in [-0.39, 0.29) is 22.8 Å². The Labute approximate surface area is 189 Å². The van der Waals surface area contributed by atoms with Crippen LogP contribution in [0.2, 0.25) is 0 Å². The van der Waals surface area contributed by atoms with Crippen LogP contribution in [0.4, 0.5) is 15.1 Å². The smallest absolute Gasteiger partial charge is 0.277 e. The number of methoxy groups -OCH3 is 1. The fourth-order valence-electron chi connectivity index (χ4n) is 3.09. The Bertz CT molecular complexity index is 1040. The summed E-state index contributed by atoms with van der Waals surface area (Å²) in [5, 5.41) is 7.20. The van der Waals surface area contributed by atoms with Gasteiger partial charge in [0, 0.05) is 38.6 Å². The lowest BCUT2D eigenvalue weighted by atomic mass is 10.1. The first-order valence-corrected chi connectivity index (χ1v) is 10.9. The number of nitrogen functional groups attached to an aromatic ring is 1. The maximum atomic E-state index is 13.8. The highest BCUT2D eigenvalue weighted by Gasteiger charge is 2.20. The normalized spacial score (nSPS) is 18.4. The van der Waals surface area contributed by atoms with E-state index in [9.17, 15) is 9.18 Å². The second-order valence-corrected chi connectivity index (χ2v) is 8.25. The van der Waals surface area contributed by atoms with Gasteiger partial charge in [-0.15, -0.1) is 0 Å². The minimum atomic E-state index is -0.454. The minimum absolute atomic E-state index is 0.0760. The molecule has 1 saturated heterocycles. The van der Waals surface area contributed by atoms with Gasteiger partial charge in [-0.25, -0.2) is 9.37 Å². The summed E-state index contributed by atoms with van der Waals surface area (Å²) in [5.41, 5.74) is 12.6. The highest BCUT2D eigenvalue weighted by atomic mass is 32.1. The first-order chi connectivity index (χ1) is 15.4. The molecule has 2 aromatic heterocycles. The van der Waals surface area contributed by atoms with Crippen molar-refractivity contribution in [2.45, 2.75) is 25.0 Å². The molecule has 1 aliphatic rings. The Kier molecular flexibility index (Phi) is 8.28. The van der Waals surface area contributed by atoms with E-state index < -0.39 is 11.7 Å². The van der Waals surface area contributed by atoms with E-state index in [2.05, 4.69) is 15.4 Å². The van der Waals surface area contributed by atoms with E-state index in [4.69, 9.17) is 20.9 Å². The van der Waals surface area contributed by atoms with Gasteiger partial charge in [-0.1, -0.05) is 23.5 Å². The number of rotatable bonds is 4. The van der Waals surface area contributed by atoms with E-state index >= 15 is 0 Å². The van der Waals surface area contributed by atoms with Crippen molar-refractivity contribution in [3.8, 4) is 10.6 Å². The molecule has 0 aliphatic carbocycles. The van der Waals surface area contributed by atoms with Gasteiger partial charge in [-0.05, 0) is 25.0 Å². The third-order valence-corrected chi connectivity index (χ3v) is 5.74. The third-order valence-electron chi connectivity index (χ3n) is 4.82. The number of ether oxygens (including phenoxy) is 2. The van der Waals surface area contributed by atoms with Gasteiger partial charge < -0.3 is 26.3 Å². The SMILES string of the molecule is COC1COCCCC1N.Cn1cc(NC(=O)c2nc(-c3ccccc3F)sc2N)cn1. The predicted octanol–water partition coefficient (Wildman–Crippen LogP) is 2.66. The number of aromatic nitrogens is 3. The monoisotopic (exact) mass is 462 g/mol. The standard InChI is InChI=1S/C14H12FN5OS.C7H15NO2/c1-20-7-8(6-17-20)18-13(21)11-12(16)22-14(19-11)9-4-2-3-5-10(9)15;1-9-7-5-10-4-2-3-6(7)8/h2-7H,16H2,1H3,(H,18,21);6-7H,2-5,8H2,1H3. The summed E-state index contributed by atoms with van der Waals surface area (Å²) in [5.74, 6) is -0.861. The topological polar surface area (TPSA) is 130 Å². The minimum Gasteiger partial charge on any atom is -0.389 e. The molecule has 0 radical (unpaired) electrons. The van der Waals surface area contributed by atoms with Crippen molar-refractivity contribution >= 4 is 27.9 Å². The fraction of sp³-hybridized carbons (Fsp3) is 0.381. The highest BCUT2D eigenvalue weighted by Crippen LogP contribution is 2.31. The number of amides is 1. The Hall–Kier alpha value is -2.86. The Morgan fingerprint density at radius 3 is 2.88 bits per heavy atom. The molecule has 2 unspecified atom stereocenters. The average Bonchev–Trinajstić information content (AvgIpc) is 3.29. The van der Waals surface area contributed by atoms with E-state index in [0.29, 0.717) is 22.9 Å². The molecule has 4 rings (SSSR count). The molecule has 172 valence electrons.